The van der Waals surface area contributed by atoms with Crippen LogP contribution in [-0.2, 0) is 5.41 Å². The molecule has 0 aliphatic heterocycles. The fourth-order valence-electron chi connectivity index (χ4n) is 3.93. The van der Waals surface area contributed by atoms with Crippen molar-refractivity contribution in [2.24, 2.45) is 0 Å². The van der Waals surface area contributed by atoms with Gasteiger partial charge in [-0.15, -0.1) is 0 Å². The first-order valence-electron chi connectivity index (χ1n) is 10.6. The molecule has 2 heteroatoms. The van der Waals surface area contributed by atoms with Crippen molar-refractivity contribution in [2.45, 2.75) is 84.5 Å². The first kappa shape index (κ1) is 21.3. The van der Waals surface area contributed by atoms with Crippen LogP contribution in [0.3, 0.4) is 0 Å². The van der Waals surface area contributed by atoms with Gasteiger partial charge in [-0.2, -0.15) is 0 Å². The zero-order chi connectivity index (χ0) is 19.9. The molecule has 27 heavy (non-hydrogen) atoms. The average Bonchev–Trinajstić information content (AvgIpc) is 2.65. The van der Waals surface area contributed by atoms with Gasteiger partial charge in [0.1, 0.15) is 0 Å². The molecule has 0 aromatic heterocycles. The second kappa shape index (κ2) is 9.82. The van der Waals surface area contributed by atoms with E-state index >= 15 is 0 Å². The molecule has 0 aliphatic carbocycles. The number of benzene rings is 2. The summed E-state index contributed by atoms with van der Waals surface area (Å²) in [5.41, 5.74) is 18.9. The van der Waals surface area contributed by atoms with Crippen molar-refractivity contribution in [2.75, 3.05) is 11.5 Å². The zero-order valence-electron chi connectivity index (χ0n) is 17.8. The van der Waals surface area contributed by atoms with E-state index in [0.717, 1.165) is 28.9 Å². The summed E-state index contributed by atoms with van der Waals surface area (Å²) in [6.07, 6.45) is 10.5. The first-order chi connectivity index (χ1) is 12.9. The highest BCUT2D eigenvalue weighted by molar-refractivity contribution is 5.54. The first-order valence-corrected chi connectivity index (χ1v) is 10.6. The van der Waals surface area contributed by atoms with E-state index in [4.69, 9.17) is 11.5 Å². The predicted octanol–water partition coefficient (Wildman–Crippen LogP) is 6.91. The molecule has 2 nitrogen and oxygen atoms in total. The van der Waals surface area contributed by atoms with Crippen LogP contribution in [0.15, 0.2) is 36.4 Å². The number of hydrogen-bond acceptors (Lipinski definition) is 2. The number of nitrogen functional groups attached to an aromatic ring is 2. The summed E-state index contributed by atoms with van der Waals surface area (Å²) in [6.45, 7) is 8.84. The number of nitrogens with two attached hydrogens (primary N) is 2. The molecule has 0 atom stereocenters. The Morgan fingerprint density at radius 3 is 1.59 bits per heavy atom. The van der Waals surface area contributed by atoms with Crippen molar-refractivity contribution in [3.8, 4) is 0 Å². The molecule has 0 amide bonds. The largest absolute Gasteiger partial charge is 0.399 e. The number of rotatable bonds is 10. The Hall–Kier alpha value is -1.96. The third-order valence-corrected chi connectivity index (χ3v) is 6.09. The standard InChI is InChI=1S/C25H38N2/c1-5-6-7-8-9-10-11-16-25(4,21-12-14-23(26)19(2)17-21)22-13-15-24(27)20(3)18-22/h12-15,17-18H,5-11,16,26-27H2,1-4H3. The summed E-state index contributed by atoms with van der Waals surface area (Å²) in [6, 6.07) is 13.0. The summed E-state index contributed by atoms with van der Waals surface area (Å²) in [5.74, 6) is 0. The fourth-order valence-corrected chi connectivity index (χ4v) is 3.93. The van der Waals surface area contributed by atoms with Crippen molar-refractivity contribution in [3.05, 3.63) is 58.7 Å². The van der Waals surface area contributed by atoms with E-state index in [1.807, 2.05) is 0 Å². The lowest BCUT2D eigenvalue weighted by atomic mass is 9.72. The fraction of sp³-hybridized carbons (Fsp3) is 0.520. The van der Waals surface area contributed by atoms with Crippen molar-refractivity contribution in [1.82, 2.24) is 0 Å². The Morgan fingerprint density at radius 2 is 1.15 bits per heavy atom. The van der Waals surface area contributed by atoms with Crippen LogP contribution in [0.4, 0.5) is 11.4 Å². The SMILES string of the molecule is CCCCCCCCCC(C)(c1ccc(N)c(C)c1)c1ccc(N)c(C)c1. The lowest BCUT2D eigenvalue weighted by Crippen LogP contribution is -2.24. The Kier molecular flexibility index (Phi) is 7.77. The molecule has 2 rings (SSSR count). The van der Waals surface area contributed by atoms with Crippen LogP contribution in [0.2, 0.25) is 0 Å². The predicted molar refractivity (Wildman–Crippen MR) is 120 cm³/mol. The van der Waals surface area contributed by atoms with E-state index in [2.05, 4.69) is 64.1 Å². The zero-order valence-corrected chi connectivity index (χ0v) is 17.8. The number of hydrogen-bond donors (Lipinski definition) is 2. The minimum Gasteiger partial charge on any atom is -0.399 e. The van der Waals surface area contributed by atoms with Crippen LogP contribution in [0.25, 0.3) is 0 Å². The molecule has 148 valence electrons. The van der Waals surface area contributed by atoms with Crippen LogP contribution < -0.4 is 11.5 Å². The summed E-state index contributed by atoms with van der Waals surface area (Å²) in [4.78, 5) is 0. The van der Waals surface area contributed by atoms with E-state index in [1.165, 1.54) is 56.1 Å². The molecule has 0 heterocycles. The molecule has 2 aromatic rings. The monoisotopic (exact) mass is 366 g/mol. The normalized spacial score (nSPS) is 11.7. The van der Waals surface area contributed by atoms with Crippen molar-refractivity contribution in [3.63, 3.8) is 0 Å². The molecule has 0 radical (unpaired) electrons. The lowest BCUT2D eigenvalue weighted by molar-refractivity contribution is 0.470. The molecule has 0 saturated heterocycles. The minimum atomic E-state index is -0.0136. The maximum absolute atomic E-state index is 6.08. The van der Waals surface area contributed by atoms with E-state index in [0.29, 0.717) is 0 Å². The number of unbranched alkanes of at least 4 members (excludes halogenated alkanes) is 6. The van der Waals surface area contributed by atoms with Gasteiger partial charge in [-0.3, -0.25) is 0 Å². The van der Waals surface area contributed by atoms with Gasteiger partial charge in [0, 0.05) is 16.8 Å². The van der Waals surface area contributed by atoms with Crippen molar-refractivity contribution < 1.29 is 0 Å². The molecule has 0 saturated carbocycles. The Balaban J connectivity index is 2.20. The van der Waals surface area contributed by atoms with Crippen LogP contribution in [0.5, 0.6) is 0 Å². The van der Waals surface area contributed by atoms with Crippen LogP contribution in [0, 0.1) is 13.8 Å². The van der Waals surface area contributed by atoms with E-state index in [1.54, 1.807) is 0 Å². The van der Waals surface area contributed by atoms with Crippen LogP contribution in [0.1, 0.15) is 87.5 Å². The molecule has 0 aliphatic rings. The number of aryl methyl sites for hydroxylation is 2. The molecule has 0 spiro atoms. The van der Waals surface area contributed by atoms with E-state index < -0.39 is 0 Å². The summed E-state index contributed by atoms with van der Waals surface area (Å²) in [7, 11) is 0. The van der Waals surface area contributed by atoms with Crippen LogP contribution in [-0.4, -0.2) is 0 Å². The number of anilines is 2. The van der Waals surface area contributed by atoms with Gasteiger partial charge < -0.3 is 11.5 Å². The minimum absolute atomic E-state index is 0.0136. The molecule has 4 N–H and O–H groups in total. The highest BCUT2D eigenvalue weighted by atomic mass is 14.6. The lowest BCUT2D eigenvalue weighted by Gasteiger charge is -2.32. The molecule has 0 unspecified atom stereocenters. The molecular weight excluding hydrogens is 328 g/mol. The topological polar surface area (TPSA) is 52.0 Å². The third kappa shape index (κ3) is 5.51. The van der Waals surface area contributed by atoms with Crippen molar-refractivity contribution in [1.29, 1.82) is 0 Å². The van der Waals surface area contributed by atoms with E-state index in [-0.39, 0.29) is 5.41 Å². The highest BCUT2D eigenvalue weighted by Crippen LogP contribution is 2.39. The molecule has 0 bridgehead atoms. The van der Waals surface area contributed by atoms with Gasteiger partial charge in [-0.05, 0) is 54.7 Å². The van der Waals surface area contributed by atoms with Gasteiger partial charge in [0.05, 0.1) is 0 Å². The third-order valence-electron chi connectivity index (χ3n) is 6.09. The summed E-state index contributed by atoms with van der Waals surface area (Å²) >= 11 is 0. The smallest absolute Gasteiger partial charge is 0.0343 e. The second-order valence-electron chi connectivity index (χ2n) is 8.35. The molecule has 2 aromatic carbocycles. The van der Waals surface area contributed by atoms with Gasteiger partial charge in [-0.25, -0.2) is 0 Å². The van der Waals surface area contributed by atoms with Crippen LogP contribution >= 0.6 is 0 Å². The maximum atomic E-state index is 6.08. The van der Waals surface area contributed by atoms with Gasteiger partial charge in [-0.1, -0.05) is 83.1 Å². The quantitative estimate of drug-likeness (QED) is 0.354. The molecule has 0 fully saturated rings. The average molecular weight is 367 g/mol. The Bertz CT molecular complexity index is 682. The Morgan fingerprint density at radius 1 is 0.704 bits per heavy atom. The van der Waals surface area contributed by atoms with Gasteiger partial charge in [0.15, 0.2) is 0 Å². The van der Waals surface area contributed by atoms with Gasteiger partial charge >= 0.3 is 0 Å². The van der Waals surface area contributed by atoms with Gasteiger partial charge in [0.2, 0.25) is 0 Å². The highest BCUT2D eigenvalue weighted by Gasteiger charge is 2.29. The van der Waals surface area contributed by atoms with E-state index in [9.17, 15) is 0 Å². The second-order valence-corrected chi connectivity index (χ2v) is 8.35. The summed E-state index contributed by atoms with van der Waals surface area (Å²) < 4.78 is 0. The van der Waals surface area contributed by atoms with Crippen molar-refractivity contribution >= 4 is 11.4 Å². The van der Waals surface area contributed by atoms with Gasteiger partial charge in [0.25, 0.3) is 0 Å². The Labute approximate surface area is 166 Å². The maximum Gasteiger partial charge on any atom is 0.0343 e. The summed E-state index contributed by atoms with van der Waals surface area (Å²) in [5, 5.41) is 0. The molecular formula is C25H38N2.